The van der Waals surface area contributed by atoms with Crippen LogP contribution in [-0.4, -0.2) is 26.8 Å². The predicted molar refractivity (Wildman–Crippen MR) is 90.2 cm³/mol. The van der Waals surface area contributed by atoms with Crippen molar-refractivity contribution in [2.24, 2.45) is 11.8 Å². The smallest absolute Gasteiger partial charge is 0.315 e. The summed E-state index contributed by atoms with van der Waals surface area (Å²) in [6, 6.07) is 6.00. The van der Waals surface area contributed by atoms with Crippen LogP contribution < -0.4 is 10.6 Å². The monoisotopic (exact) mass is 315 g/mol. The van der Waals surface area contributed by atoms with E-state index < -0.39 is 0 Å². The van der Waals surface area contributed by atoms with E-state index in [1.807, 2.05) is 24.4 Å². The highest BCUT2D eigenvalue weighted by molar-refractivity contribution is 5.74. The van der Waals surface area contributed by atoms with Crippen molar-refractivity contribution in [1.82, 2.24) is 25.4 Å². The lowest BCUT2D eigenvalue weighted by Gasteiger charge is -2.23. The Bertz CT molecular complexity index is 694. The number of urea groups is 1. The van der Waals surface area contributed by atoms with Gasteiger partial charge in [-0.15, -0.1) is 0 Å². The second-order valence-corrected chi connectivity index (χ2v) is 6.58. The second-order valence-electron chi connectivity index (χ2n) is 6.58. The highest BCUT2D eigenvalue weighted by Crippen LogP contribution is 2.44. The molecule has 2 aromatic heterocycles. The van der Waals surface area contributed by atoms with Crippen LogP contribution in [-0.2, 0) is 6.54 Å². The van der Waals surface area contributed by atoms with E-state index in [-0.39, 0.29) is 8.88 Å². The van der Waals surface area contributed by atoms with Gasteiger partial charge in [-0.1, -0.05) is 6.42 Å². The summed E-state index contributed by atoms with van der Waals surface area (Å²) in [4.78, 5) is 16.4. The molecule has 0 aromatic carbocycles. The van der Waals surface area contributed by atoms with Crippen LogP contribution in [0, 0.1) is 11.8 Å². The molecule has 124 valence electrons. The second kappa shape index (κ2) is 6.02. The Balaban J connectivity index is 0.00000113. The molecular formula is C17H25N5O. The minimum Gasteiger partial charge on any atom is -0.335 e. The van der Waals surface area contributed by atoms with Crippen LogP contribution in [0.2, 0.25) is 0 Å². The quantitative estimate of drug-likeness (QED) is 0.911. The van der Waals surface area contributed by atoms with Crippen molar-refractivity contribution in [3.63, 3.8) is 0 Å². The van der Waals surface area contributed by atoms with E-state index in [1.54, 1.807) is 17.1 Å². The van der Waals surface area contributed by atoms with Crippen LogP contribution >= 0.6 is 0 Å². The van der Waals surface area contributed by atoms with Gasteiger partial charge in [0.1, 0.15) is 0 Å². The van der Waals surface area contributed by atoms with Crippen LogP contribution in [0.5, 0.6) is 0 Å². The van der Waals surface area contributed by atoms with Crippen LogP contribution in [0.3, 0.4) is 0 Å². The summed E-state index contributed by atoms with van der Waals surface area (Å²) in [6.45, 7) is 0.490. The van der Waals surface area contributed by atoms with Crippen molar-refractivity contribution in [1.29, 1.82) is 0 Å². The third-order valence-corrected chi connectivity index (χ3v) is 5.06. The van der Waals surface area contributed by atoms with Crippen molar-refractivity contribution < 1.29 is 7.65 Å². The molecule has 2 fully saturated rings. The first kappa shape index (κ1) is 14.2. The van der Waals surface area contributed by atoms with Crippen LogP contribution in [0.25, 0.3) is 5.82 Å². The summed E-state index contributed by atoms with van der Waals surface area (Å²) in [7, 11) is 0. The normalized spacial score (nSPS) is 25.5. The number of amides is 2. The molecule has 2 saturated carbocycles. The molecule has 2 bridgehead atoms. The molecule has 0 saturated heterocycles. The molecule has 2 heterocycles. The molecule has 0 spiro atoms. The molecule has 0 aliphatic heterocycles. The molecule has 0 unspecified atom stereocenters. The van der Waals surface area contributed by atoms with Crippen molar-refractivity contribution in [3.8, 4) is 5.82 Å². The van der Waals surface area contributed by atoms with Gasteiger partial charge in [0.15, 0.2) is 5.82 Å². The predicted octanol–water partition coefficient (Wildman–Crippen LogP) is 2.75. The Hall–Kier alpha value is -2.37. The number of pyridine rings is 1. The highest BCUT2D eigenvalue weighted by atomic mass is 16.2. The molecule has 6 nitrogen and oxygen atoms in total. The van der Waals surface area contributed by atoms with E-state index in [9.17, 15) is 4.79 Å². The van der Waals surface area contributed by atoms with Gasteiger partial charge in [-0.3, -0.25) is 0 Å². The lowest BCUT2D eigenvalue weighted by Crippen LogP contribution is -2.44. The van der Waals surface area contributed by atoms with Crippen LogP contribution in [0.4, 0.5) is 4.79 Å². The van der Waals surface area contributed by atoms with Crippen LogP contribution in [0.15, 0.2) is 36.8 Å². The summed E-state index contributed by atoms with van der Waals surface area (Å²) in [5.74, 6) is 2.28. The van der Waals surface area contributed by atoms with Gasteiger partial charge in [-0.2, -0.15) is 5.10 Å². The van der Waals surface area contributed by atoms with Gasteiger partial charge in [-0.05, 0) is 54.9 Å². The average molecular weight is 315 g/mol. The van der Waals surface area contributed by atoms with Crippen molar-refractivity contribution in [2.75, 3.05) is 0 Å². The van der Waals surface area contributed by atoms with Crippen molar-refractivity contribution in [3.05, 3.63) is 42.4 Å². The van der Waals surface area contributed by atoms with Gasteiger partial charge >= 0.3 is 6.03 Å². The number of hydrogen-bond donors (Lipinski definition) is 2. The van der Waals surface area contributed by atoms with Crippen molar-refractivity contribution in [2.45, 2.75) is 38.3 Å². The first-order chi connectivity index (χ1) is 11.3. The summed E-state index contributed by atoms with van der Waals surface area (Å²) in [5, 5.41) is 10.3. The SMILES string of the molecule is O=C(NCc1ccnc(-n2cccn2)c1)N[C@H]1C[C@@H]2CC[C@H]1C2.[HH].[HH]. The average Bonchev–Trinajstić information content (AvgIpc) is 3.30. The minimum atomic E-state index is -0.0694. The van der Waals surface area contributed by atoms with Crippen molar-refractivity contribution >= 4 is 6.03 Å². The van der Waals surface area contributed by atoms with E-state index in [1.165, 1.54) is 19.3 Å². The number of carbonyl (C=O) groups excluding carboxylic acids is 1. The lowest BCUT2D eigenvalue weighted by molar-refractivity contribution is 0.230. The molecule has 0 radical (unpaired) electrons. The first-order valence-corrected chi connectivity index (χ1v) is 8.27. The Morgan fingerprint density at radius 2 is 2.30 bits per heavy atom. The molecule has 2 aliphatic carbocycles. The summed E-state index contributed by atoms with van der Waals surface area (Å²) in [6.07, 6.45) is 10.4. The zero-order chi connectivity index (χ0) is 15.6. The minimum absolute atomic E-state index is 0. The number of fused-ring (bicyclic) bond motifs is 2. The Morgan fingerprint density at radius 1 is 1.35 bits per heavy atom. The molecule has 2 aliphatic rings. The standard InChI is InChI=1S/C17H21N5O.2H2/c23-17(21-15-9-12-2-3-14(15)8-12)19-11-13-4-6-18-16(10-13)22-7-1-5-20-22;;/h1,4-7,10,12,14-15H,2-3,8-9,11H2,(H2,19,21,23);2*1H/t12-,14+,15+;;/m1../s1. The summed E-state index contributed by atoms with van der Waals surface area (Å²) < 4.78 is 1.71. The molecule has 2 amide bonds. The fourth-order valence-corrected chi connectivity index (χ4v) is 3.92. The zero-order valence-corrected chi connectivity index (χ0v) is 13.0. The van der Waals surface area contributed by atoms with E-state index in [0.29, 0.717) is 18.5 Å². The van der Waals surface area contributed by atoms with Gasteiger partial charge in [0.25, 0.3) is 0 Å². The van der Waals surface area contributed by atoms with E-state index in [2.05, 4.69) is 20.7 Å². The molecular weight excluding hydrogens is 290 g/mol. The van der Waals surface area contributed by atoms with E-state index in [4.69, 9.17) is 0 Å². The Labute approximate surface area is 138 Å². The fourth-order valence-electron chi connectivity index (χ4n) is 3.92. The maximum Gasteiger partial charge on any atom is 0.315 e. The number of aromatic nitrogens is 3. The maximum absolute atomic E-state index is 12.1. The Kier molecular flexibility index (Phi) is 3.73. The first-order valence-electron chi connectivity index (χ1n) is 8.27. The molecule has 6 heteroatoms. The van der Waals surface area contributed by atoms with E-state index >= 15 is 0 Å². The number of hydrogen-bond acceptors (Lipinski definition) is 3. The molecule has 2 aromatic rings. The Morgan fingerprint density at radius 3 is 3.04 bits per heavy atom. The molecule has 4 rings (SSSR count). The van der Waals surface area contributed by atoms with Gasteiger partial charge < -0.3 is 10.6 Å². The lowest BCUT2D eigenvalue weighted by atomic mass is 9.95. The third kappa shape index (κ3) is 3.06. The maximum atomic E-state index is 12.1. The number of rotatable bonds is 4. The number of carbonyl (C=O) groups is 1. The van der Waals surface area contributed by atoms with Gasteiger partial charge in [-0.25, -0.2) is 14.5 Å². The number of nitrogens with one attached hydrogen (secondary N) is 2. The molecule has 23 heavy (non-hydrogen) atoms. The van der Waals surface area contributed by atoms with Crippen LogP contribution in [0.1, 0.15) is 34.1 Å². The molecule has 3 atom stereocenters. The number of nitrogens with zero attached hydrogens (tertiary/aromatic N) is 3. The topological polar surface area (TPSA) is 71.8 Å². The highest BCUT2D eigenvalue weighted by Gasteiger charge is 2.40. The zero-order valence-electron chi connectivity index (χ0n) is 13.0. The largest absolute Gasteiger partial charge is 0.335 e. The molecule has 2 N–H and O–H groups in total. The van der Waals surface area contributed by atoms with Gasteiger partial charge in [0.2, 0.25) is 0 Å². The van der Waals surface area contributed by atoms with Gasteiger partial charge in [0, 0.05) is 34.0 Å². The third-order valence-electron chi connectivity index (χ3n) is 5.06. The summed E-state index contributed by atoms with van der Waals surface area (Å²) in [5.41, 5.74) is 1.01. The van der Waals surface area contributed by atoms with Gasteiger partial charge in [0.05, 0.1) is 0 Å². The van der Waals surface area contributed by atoms with E-state index in [0.717, 1.165) is 23.7 Å². The fraction of sp³-hybridized carbons (Fsp3) is 0.471. The summed E-state index contributed by atoms with van der Waals surface area (Å²) >= 11 is 0.